The van der Waals surface area contributed by atoms with E-state index in [4.69, 9.17) is 4.74 Å². The number of aromatic nitrogens is 2. The van der Waals surface area contributed by atoms with Gasteiger partial charge in [-0.25, -0.2) is 4.98 Å². The first-order valence-electron chi connectivity index (χ1n) is 6.63. The lowest BCUT2D eigenvalue weighted by Gasteiger charge is -2.22. The van der Waals surface area contributed by atoms with Crippen LogP contribution >= 0.6 is 0 Å². The van der Waals surface area contributed by atoms with Gasteiger partial charge in [-0.15, -0.1) is 0 Å². The van der Waals surface area contributed by atoms with Crippen LogP contribution in [0.4, 0.5) is 0 Å². The monoisotopic (exact) mass is 259 g/mol. The summed E-state index contributed by atoms with van der Waals surface area (Å²) in [7, 11) is 0. The topological polar surface area (TPSA) is 67.0 Å². The van der Waals surface area contributed by atoms with Crippen LogP contribution in [-0.2, 0) is 11.3 Å². The molecule has 5 nitrogen and oxygen atoms in total. The first-order valence-corrected chi connectivity index (χ1v) is 6.63. The second-order valence-electron chi connectivity index (χ2n) is 4.79. The summed E-state index contributed by atoms with van der Waals surface area (Å²) in [6, 6.07) is 7.34. The zero-order valence-corrected chi connectivity index (χ0v) is 10.7. The van der Waals surface area contributed by atoms with E-state index in [9.17, 15) is 4.79 Å². The minimum Gasteiger partial charge on any atom is -0.370 e. The summed E-state index contributed by atoms with van der Waals surface area (Å²) in [5, 5.41) is 3.91. The molecule has 1 aromatic carbocycles. The Morgan fingerprint density at radius 3 is 2.89 bits per heavy atom. The molecule has 2 N–H and O–H groups in total. The zero-order chi connectivity index (χ0) is 13.1. The van der Waals surface area contributed by atoms with Gasteiger partial charge in [-0.05, 0) is 38.1 Å². The average Bonchev–Trinajstić information content (AvgIpc) is 2.46. The van der Waals surface area contributed by atoms with Crippen LogP contribution in [0.3, 0.4) is 0 Å². The molecule has 0 atom stereocenters. The van der Waals surface area contributed by atoms with Gasteiger partial charge in [-0.2, -0.15) is 0 Å². The molecule has 0 aliphatic carbocycles. The van der Waals surface area contributed by atoms with Gasteiger partial charge in [0.05, 0.1) is 17.0 Å². The summed E-state index contributed by atoms with van der Waals surface area (Å²) in [5.41, 5.74) is 0.615. The van der Waals surface area contributed by atoms with Crippen molar-refractivity contribution in [3.63, 3.8) is 0 Å². The Bertz CT molecular complexity index is 617. The molecule has 2 heterocycles. The molecule has 1 fully saturated rings. The standard InChI is InChI=1S/C14H17N3O2/c18-14-11-3-1-2-4-12(11)16-13(17-14)9-19-10-5-7-15-8-6-10/h1-4,10,15H,5-9H2,(H,16,17,18). The number of para-hydroxylation sites is 1. The normalized spacial score (nSPS) is 16.8. The summed E-state index contributed by atoms with van der Waals surface area (Å²) < 4.78 is 5.80. The Kier molecular flexibility index (Phi) is 3.57. The van der Waals surface area contributed by atoms with Crippen LogP contribution in [0.2, 0.25) is 0 Å². The number of hydrogen-bond acceptors (Lipinski definition) is 4. The van der Waals surface area contributed by atoms with Crippen LogP contribution < -0.4 is 10.9 Å². The Labute approximate surface area is 111 Å². The van der Waals surface area contributed by atoms with Crippen molar-refractivity contribution in [3.05, 3.63) is 40.4 Å². The van der Waals surface area contributed by atoms with Crippen LogP contribution in [0.5, 0.6) is 0 Å². The first kappa shape index (κ1) is 12.3. The summed E-state index contributed by atoms with van der Waals surface area (Å²) in [5.74, 6) is 0.599. The SMILES string of the molecule is O=c1[nH]c(COC2CCNCC2)nc2ccccc12. The van der Waals surface area contributed by atoms with Gasteiger partial charge in [0.2, 0.25) is 0 Å². The molecule has 3 rings (SSSR count). The van der Waals surface area contributed by atoms with E-state index in [1.165, 1.54) is 0 Å². The maximum absolute atomic E-state index is 11.9. The molecule has 0 radical (unpaired) electrons. The fraction of sp³-hybridized carbons (Fsp3) is 0.429. The summed E-state index contributed by atoms with van der Waals surface area (Å²) in [6.07, 6.45) is 2.29. The minimum absolute atomic E-state index is 0.102. The maximum atomic E-state index is 11.9. The van der Waals surface area contributed by atoms with Crippen molar-refractivity contribution >= 4 is 10.9 Å². The van der Waals surface area contributed by atoms with Crippen LogP contribution in [0.15, 0.2) is 29.1 Å². The molecule has 100 valence electrons. The number of hydrogen-bond donors (Lipinski definition) is 2. The van der Waals surface area contributed by atoms with E-state index in [1.807, 2.05) is 18.2 Å². The molecular weight excluding hydrogens is 242 g/mol. The van der Waals surface area contributed by atoms with Gasteiger partial charge < -0.3 is 15.0 Å². The van der Waals surface area contributed by atoms with E-state index in [0.717, 1.165) is 31.4 Å². The Balaban J connectivity index is 1.75. The molecule has 0 amide bonds. The molecule has 0 unspecified atom stereocenters. The van der Waals surface area contributed by atoms with Gasteiger partial charge in [0, 0.05) is 0 Å². The molecular formula is C14H17N3O2. The molecule has 0 saturated carbocycles. The molecule has 1 aromatic heterocycles. The third-order valence-corrected chi connectivity index (χ3v) is 3.40. The summed E-state index contributed by atoms with van der Waals surface area (Å²) in [4.78, 5) is 19.1. The summed E-state index contributed by atoms with van der Waals surface area (Å²) >= 11 is 0. The fourth-order valence-corrected chi connectivity index (χ4v) is 2.36. The molecule has 0 bridgehead atoms. The largest absolute Gasteiger partial charge is 0.370 e. The van der Waals surface area contributed by atoms with E-state index in [0.29, 0.717) is 17.8 Å². The molecule has 1 aliphatic heterocycles. The van der Waals surface area contributed by atoms with Gasteiger partial charge in [0.15, 0.2) is 0 Å². The lowest BCUT2D eigenvalue weighted by atomic mass is 10.1. The molecule has 5 heteroatoms. The van der Waals surface area contributed by atoms with E-state index in [2.05, 4.69) is 15.3 Å². The second-order valence-corrected chi connectivity index (χ2v) is 4.79. The predicted octanol–water partition coefficient (Wildman–Crippen LogP) is 1.19. The number of H-pyrrole nitrogens is 1. The number of benzene rings is 1. The highest BCUT2D eigenvalue weighted by atomic mass is 16.5. The summed E-state index contributed by atoms with van der Waals surface area (Å²) in [6.45, 7) is 2.35. The van der Waals surface area contributed by atoms with Crippen molar-refractivity contribution in [1.29, 1.82) is 0 Å². The van der Waals surface area contributed by atoms with Crippen LogP contribution in [0, 0.1) is 0 Å². The highest BCUT2D eigenvalue weighted by Crippen LogP contribution is 2.10. The van der Waals surface area contributed by atoms with E-state index in [-0.39, 0.29) is 11.7 Å². The predicted molar refractivity (Wildman–Crippen MR) is 73.0 cm³/mol. The van der Waals surface area contributed by atoms with Crippen molar-refractivity contribution in [2.45, 2.75) is 25.6 Å². The van der Waals surface area contributed by atoms with Gasteiger partial charge >= 0.3 is 0 Å². The molecule has 19 heavy (non-hydrogen) atoms. The van der Waals surface area contributed by atoms with E-state index >= 15 is 0 Å². The van der Waals surface area contributed by atoms with Crippen molar-refractivity contribution in [1.82, 2.24) is 15.3 Å². The van der Waals surface area contributed by atoms with Crippen molar-refractivity contribution < 1.29 is 4.74 Å². The lowest BCUT2D eigenvalue weighted by molar-refractivity contribution is 0.0178. The van der Waals surface area contributed by atoms with Crippen molar-refractivity contribution in [3.8, 4) is 0 Å². The average molecular weight is 259 g/mol. The maximum Gasteiger partial charge on any atom is 0.258 e. The van der Waals surface area contributed by atoms with Gasteiger partial charge in [0.25, 0.3) is 5.56 Å². The number of piperidine rings is 1. The van der Waals surface area contributed by atoms with Crippen LogP contribution in [0.25, 0.3) is 10.9 Å². The Morgan fingerprint density at radius 2 is 2.05 bits per heavy atom. The number of rotatable bonds is 3. The van der Waals surface area contributed by atoms with E-state index < -0.39 is 0 Å². The van der Waals surface area contributed by atoms with E-state index in [1.54, 1.807) is 6.07 Å². The Morgan fingerprint density at radius 1 is 1.26 bits per heavy atom. The lowest BCUT2D eigenvalue weighted by Crippen LogP contribution is -2.32. The van der Waals surface area contributed by atoms with Crippen molar-refractivity contribution in [2.75, 3.05) is 13.1 Å². The number of aromatic amines is 1. The minimum atomic E-state index is -0.102. The number of fused-ring (bicyclic) bond motifs is 1. The zero-order valence-electron chi connectivity index (χ0n) is 10.7. The van der Waals surface area contributed by atoms with Gasteiger partial charge in [-0.1, -0.05) is 12.1 Å². The quantitative estimate of drug-likeness (QED) is 0.869. The fourth-order valence-electron chi connectivity index (χ4n) is 2.36. The Hall–Kier alpha value is -1.72. The highest BCUT2D eigenvalue weighted by molar-refractivity contribution is 5.77. The molecule has 2 aromatic rings. The second kappa shape index (κ2) is 5.50. The van der Waals surface area contributed by atoms with Crippen LogP contribution in [0.1, 0.15) is 18.7 Å². The third kappa shape index (κ3) is 2.83. The number of ether oxygens (including phenoxy) is 1. The number of nitrogens with one attached hydrogen (secondary N) is 2. The molecule has 0 spiro atoms. The smallest absolute Gasteiger partial charge is 0.258 e. The number of nitrogens with zero attached hydrogens (tertiary/aromatic N) is 1. The molecule has 1 aliphatic rings. The van der Waals surface area contributed by atoms with Crippen LogP contribution in [-0.4, -0.2) is 29.2 Å². The van der Waals surface area contributed by atoms with Gasteiger partial charge in [-0.3, -0.25) is 4.79 Å². The highest BCUT2D eigenvalue weighted by Gasteiger charge is 2.14. The van der Waals surface area contributed by atoms with Crippen molar-refractivity contribution in [2.24, 2.45) is 0 Å². The van der Waals surface area contributed by atoms with Gasteiger partial charge in [0.1, 0.15) is 12.4 Å². The first-order chi connectivity index (χ1) is 9.33. The third-order valence-electron chi connectivity index (χ3n) is 3.40. The molecule has 1 saturated heterocycles.